The summed E-state index contributed by atoms with van der Waals surface area (Å²) in [4.78, 5) is 0. The maximum Gasteiger partial charge on any atom is 0.182 e. The van der Waals surface area contributed by atoms with E-state index in [-0.39, 0.29) is 0 Å². The molecule has 0 fully saturated rings. The zero-order valence-electron chi connectivity index (χ0n) is 2.45. The molecule has 3 nitrogen and oxygen atoms in total. The zero-order chi connectivity index (χ0) is 4.12. The monoisotopic (exact) mass is 68.0 g/mol. The third kappa shape index (κ3) is 2.96. The van der Waals surface area contributed by atoms with E-state index in [0.717, 1.165) is 0 Å². The molecule has 0 spiro atoms. The third-order valence-corrected chi connectivity index (χ3v) is 0.118. The van der Waals surface area contributed by atoms with Crippen molar-refractivity contribution in [2.24, 2.45) is 0 Å². The maximum atomic E-state index is 7.52. The second kappa shape index (κ2) is 2.96. The minimum Gasteiger partial charge on any atom is -0.281 e. The summed E-state index contributed by atoms with van der Waals surface area (Å²) in [6.07, 6.45) is 3.12. The summed E-state index contributed by atoms with van der Waals surface area (Å²) in [6.45, 7) is 0. The summed E-state index contributed by atoms with van der Waals surface area (Å²) >= 11 is 0. The van der Waals surface area contributed by atoms with Crippen LogP contribution in [0.2, 0.25) is 0 Å². The van der Waals surface area contributed by atoms with Gasteiger partial charge in [0.1, 0.15) is 0 Å². The van der Waals surface area contributed by atoms with Crippen LogP contribution in [0.3, 0.4) is 0 Å². The molecule has 0 heterocycles. The second-order valence-corrected chi connectivity index (χ2v) is 0.362. The molecule has 0 atom stereocenters. The van der Waals surface area contributed by atoms with Crippen molar-refractivity contribution >= 4 is 6.34 Å². The van der Waals surface area contributed by atoms with Gasteiger partial charge in [-0.1, -0.05) is 0 Å². The van der Waals surface area contributed by atoms with Gasteiger partial charge in [-0.05, 0) is 0 Å². The van der Waals surface area contributed by atoms with E-state index in [0.29, 0.717) is 0 Å². The SMILES string of the molecule is N#CN[C]=N. The number of rotatable bonds is 1. The molecule has 3 heteroatoms. The molecule has 0 bridgehead atoms. The Balaban J connectivity index is 2.75. The Morgan fingerprint density at radius 3 is 2.40 bits per heavy atom. The first-order valence-corrected chi connectivity index (χ1v) is 0.974. The maximum absolute atomic E-state index is 7.52. The predicted molar refractivity (Wildman–Crippen MR) is 16.5 cm³/mol. The minimum atomic E-state index is 1.47. The zero-order valence-corrected chi connectivity index (χ0v) is 2.45. The molecule has 0 aliphatic rings. The molecule has 0 aromatic carbocycles. The van der Waals surface area contributed by atoms with Crippen LogP contribution < -0.4 is 5.32 Å². The van der Waals surface area contributed by atoms with Crippen LogP contribution in [0, 0.1) is 16.9 Å². The molecule has 5 heavy (non-hydrogen) atoms. The molecule has 0 aromatic rings. The fourth-order valence-electron chi connectivity index (χ4n) is 0.0280. The van der Waals surface area contributed by atoms with Gasteiger partial charge in [0.2, 0.25) is 0 Å². The lowest BCUT2D eigenvalue weighted by atomic mass is 11.2. The molecule has 0 rings (SSSR count). The van der Waals surface area contributed by atoms with Crippen LogP contribution in [0.1, 0.15) is 0 Å². The lowest BCUT2D eigenvalue weighted by molar-refractivity contribution is 1.27. The number of hydrogen-bond acceptors (Lipinski definition) is 2. The van der Waals surface area contributed by atoms with Gasteiger partial charge in [-0.25, -0.2) is 0 Å². The van der Waals surface area contributed by atoms with E-state index in [9.17, 15) is 0 Å². The number of nitriles is 1. The molecule has 2 N–H and O–H groups in total. The van der Waals surface area contributed by atoms with Gasteiger partial charge >= 0.3 is 0 Å². The van der Waals surface area contributed by atoms with Gasteiger partial charge in [-0.3, -0.25) is 10.7 Å². The first kappa shape index (κ1) is 3.96. The molecule has 0 aliphatic carbocycles. The van der Waals surface area contributed by atoms with Crippen LogP contribution >= 0.6 is 0 Å². The van der Waals surface area contributed by atoms with Crippen molar-refractivity contribution in [3.05, 3.63) is 0 Å². The fraction of sp³-hybridized carbons (Fsp3) is 0. The van der Waals surface area contributed by atoms with Crippen LogP contribution in [-0.4, -0.2) is 6.34 Å². The fourth-order valence-corrected chi connectivity index (χ4v) is 0.0280. The smallest absolute Gasteiger partial charge is 0.182 e. The molecule has 0 saturated carbocycles. The Morgan fingerprint density at radius 1 is 1.80 bits per heavy atom. The van der Waals surface area contributed by atoms with Crippen molar-refractivity contribution in [3.8, 4) is 6.19 Å². The molecular weight excluding hydrogens is 66.0 g/mol. The predicted octanol–water partition coefficient (Wildman–Crippen LogP) is -0.459. The quantitative estimate of drug-likeness (QED) is 0.189. The lowest BCUT2D eigenvalue weighted by Crippen LogP contribution is -1.96. The summed E-state index contributed by atoms with van der Waals surface area (Å²) in [5.41, 5.74) is 0. The highest BCUT2D eigenvalue weighted by atomic mass is 14.9. The summed E-state index contributed by atoms with van der Waals surface area (Å²) in [7, 11) is 0. The molecule has 0 unspecified atom stereocenters. The molecule has 0 aromatic heterocycles. The number of hydrogen-bond donors (Lipinski definition) is 2. The van der Waals surface area contributed by atoms with E-state index < -0.39 is 0 Å². The molecule has 1 radical (unpaired) electrons. The van der Waals surface area contributed by atoms with E-state index in [1.807, 2.05) is 5.32 Å². The molecule has 0 amide bonds. The molecule has 25 valence electrons. The van der Waals surface area contributed by atoms with E-state index in [1.165, 1.54) is 6.19 Å². The summed E-state index contributed by atoms with van der Waals surface area (Å²) in [5.74, 6) is 0. The minimum absolute atomic E-state index is 1.47. The van der Waals surface area contributed by atoms with E-state index >= 15 is 0 Å². The summed E-state index contributed by atoms with van der Waals surface area (Å²) in [6, 6.07) is 0. The van der Waals surface area contributed by atoms with Crippen LogP contribution in [0.5, 0.6) is 0 Å². The van der Waals surface area contributed by atoms with Crippen molar-refractivity contribution in [2.45, 2.75) is 0 Å². The van der Waals surface area contributed by atoms with Gasteiger partial charge in [0.05, 0.1) is 0 Å². The van der Waals surface area contributed by atoms with Crippen molar-refractivity contribution in [3.63, 3.8) is 0 Å². The topological polar surface area (TPSA) is 59.7 Å². The first-order valence-electron chi connectivity index (χ1n) is 0.974. The lowest BCUT2D eigenvalue weighted by Gasteiger charge is -1.62. The van der Waals surface area contributed by atoms with Crippen molar-refractivity contribution < 1.29 is 0 Å². The normalized spacial score (nSPS) is 4.60. The molecular formula is C2H2N3. The Bertz CT molecular complexity index is 59.8. The molecule has 0 aliphatic heterocycles. The second-order valence-electron chi connectivity index (χ2n) is 0.362. The van der Waals surface area contributed by atoms with Gasteiger partial charge in [-0.2, -0.15) is 5.26 Å². The van der Waals surface area contributed by atoms with Crippen molar-refractivity contribution in [1.29, 1.82) is 10.7 Å². The van der Waals surface area contributed by atoms with Gasteiger partial charge in [0.25, 0.3) is 0 Å². The van der Waals surface area contributed by atoms with Crippen LogP contribution in [0.4, 0.5) is 0 Å². The van der Waals surface area contributed by atoms with Gasteiger partial charge in [0, 0.05) is 0 Å². The third-order valence-electron chi connectivity index (χ3n) is 0.118. The van der Waals surface area contributed by atoms with Crippen LogP contribution in [0.15, 0.2) is 0 Å². The highest BCUT2D eigenvalue weighted by Gasteiger charge is 1.53. The Morgan fingerprint density at radius 2 is 2.40 bits per heavy atom. The molecule has 0 saturated heterocycles. The Kier molecular flexibility index (Phi) is 2.34. The number of nitrogens with zero attached hydrogens (tertiary/aromatic N) is 1. The average molecular weight is 68.1 g/mol. The Labute approximate surface area is 29.7 Å². The Hall–Kier alpha value is -1.04. The van der Waals surface area contributed by atoms with Crippen molar-refractivity contribution in [1.82, 2.24) is 5.32 Å². The van der Waals surface area contributed by atoms with Gasteiger partial charge in [-0.15, -0.1) is 0 Å². The summed E-state index contributed by atoms with van der Waals surface area (Å²) < 4.78 is 0. The average Bonchev–Trinajstić information content (AvgIpc) is 1.41. The first-order chi connectivity index (χ1) is 2.41. The standard InChI is InChI=1S/C2H2N3/c3-1-5-2-4/h(H2,3,5). The van der Waals surface area contributed by atoms with Gasteiger partial charge in [0.15, 0.2) is 12.5 Å². The summed E-state index contributed by atoms with van der Waals surface area (Å²) in [5, 5.41) is 15.4. The highest BCUT2D eigenvalue weighted by Crippen LogP contribution is 1.24. The largest absolute Gasteiger partial charge is 0.281 e. The number of nitrogens with one attached hydrogen (secondary N) is 2. The highest BCUT2D eigenvalue weighted by molar-refractivity contribution is 5.51. The van der Waals surface area contributed by atoms with E-state index in [1.54, 1.807) is 6.34 Å². The van der Waals surface area contributed by atoms with Crippen LogP contribution in [-0.2, 0) is 0 Å². The van der Waals surface area contributed by atoms with Crippen LogP contribution in [0.25, 0.3) is 0 Å². The van der Waals surface area contributed by atoms with Crippen molar-refractivity contribution in [2.75, 3.05) is 0 Å². The van der Waals surface area contributed by atoms with E-state index in [4.69, 9.17) is 10.7 Å². The van der Waals surface area contributed by atoms with Gasteiger partial charge < -0.3 is 0 Å². The van der Waals surface area contributed by atoms with E-state index in [2.05, 4.69) is 0 Å².